The fraction of sp³-hybridized carbons (Fsp3) is 0. The molecule has 0 spiro atoms. The summed E-state index contributed by atoms with van der Waals surface area (Å²) in [5.41, 5.74) is 16.3. The van der Waals surface area contributed by atoms with E-state index in [1.165, 1.54) is 0 Å². The first-order valence-electron chi connectivity index (χ1n) is 10.2. The molecule has 6 heteroatoms. The van der Waals surface area contributed by atoms with E-state index in [9.17, 15) is 0 Å². The minimum atomic E-state index is 0.200. The monoisotopic (exact) mass is 420 g/mol. The normalized spacial score (nSPS) is 11.8. The Balaban J connectivity index is 1.72. The van der Waals surface area contributed by atoms with Gasteiger partial charge in [-0.25, -0.2) is 0 Å². The highest BCUT2D eigenvalue weighted by Crippen LogP contribution is 2.26. The summed E-state index contributed by atoms with van der Waals surface area (Å²) >= 11 is 0. The molecule has 0 fully saturated rings. The molecule has 0 aliphatic rings. The summed E-state index contributed by atoms with van der Waals surface area (Å²) < 4.78 is 0. The molecule has 4 N–H and O–H groups in total. The van der Waals surface area contributed by atoms with Crippen LogP contribution >= 0.6 is 0 Å². The van der Waals surface area contributed by atoms with E-state index >= 15 is 0 Å². The molecule has 0 aliphatic heterocycles. The molecule has 32 heavy (non-hydrogen) atoms. The van der Waals surface area contributed by atoms with Crippen LogP contribution in [0.5, 0.6) is 0 Å². The van der Waals surface area contributed by atoms with E-state index in [1.54, 1.807) is 0 Å². The van der Waals surface area contributed by atoms with Gasteiger partial charge in [0.25, 0.3) is 0 Å². The number of para-hydroxylation sites is 4. The first-order chi connectivity index (χ1) is 15.7. The Morgan fingerprint density at radius 3 is 0.844 bits per heavy atom. The van der Waals surface area contributed by atoms with Crippen molar-refractivity contribution in [3.63, 3.8) is 0 Å². The predicted molar refractivity (Wildman–Crippen MR) is 133 cm³/mol. The third-order valence-electron chi connectivity index (χ3n) is 4.77. The van der Waals surface area contributed by atoms with E-state index in [0.717, 1.165) is 22.7 Å². The molecule has 4 aromatic rings. The van der Waals surface area contributed by atoms with Crippen LogP contribution in [-0.4, -0.2) is 11.9 Å². The predicted octanol–water partition coefficient (Wildman–Crippen LogP) is 5.21. The van der Waals surface area contributed by atoms with E-state index in [0.29, 0.717) is 0 Å². The van der Waals surface area contributed by atoms with Gasteiger partial charge in [0.15, 0.2) is 0 Å². The standard InChI is InChI=1S/C26H24N6/c27-25(31(21-13-5-1-6-14-21)22-15-7-2-8-16-22)29-30-26(28)32(23-17-9-3-10-18-23)24-19-11-4-12-20-24/h1-20H,(H2,27,29)(H2,28,30). The Bertz CT molecular complexity index is 1000. The molecular weight excluding hydrogens is 396 g/mol. The fourth-order valence-electron chi connectivity index (χ4n) is 3.33. The van der Waals surface area contributed by atoms with Crippen molar-refractivity contribution < 1.29 is 0 Å². The largest absolute Gasteiger partial charge is 0.368 e. The van der Waals surface area contributed by atoms with Crippen LogP contribution < -0.4 is 21.3 Å². The van der Waals surface area contributed by atoms with Crippen molar-refractivity contribution in [1.82, 2.24) is 0 Å². The summed E-state index contributed by atoms with van der Waals surface area (Å²) in [6.07, 6.45) is 0. The number of nitrogens with zero attached hydrogens (tertiary/aromatic N) is 4. The van der Waals surface area contributed by atoms with E-state index in [1.807, 2.05) is 131 Å². The van der Waals surface area contributed by atoms with E-state index in [-0.39, 0.29) is 11.9 Å². The van der Waals surface area contributed by atoms with Gasteiger partial charge in [-0.3, -0.25) is 9.80 Å². The maximum Gasteiger partial charge on any atom is 0.225 e. The molecule has 0 bridgehead atoms. The third-order valence-corrected chi connectivity index (χ3v) is 4.77. The molecule has 4 rings (SSSR count). The van der Waals surface area contributed by atoms with Crippen LogP contribution in [0.25, 0.3) is 0 Å². The van der Waals surface area contributed by atoms with Gasteiger partial charge in [0.05, 0.1) is 0 Å². The Hall–Kier alpha value is -4.58. The highest BCUT2D eigenvalue weighted by atomic mass is 15.4. The second-order valence-electron chi connectivity index (χ2n) is 6.93. The lowest BCUT2D eigenvalue weighted by molar-refractivity contribution is 1.13. The van der Waals surface area contributed by atoms with Crippen molar-refractivity contribution in [3.8, 4) is 0 Å². The van der Waals surface area contributed by atoms with E-state index in [2.05, 4.69) is 10.2 Å². The molecule has 0 aromatic heterocycles. The maximum absolute atomic E-state index is 6.40. The highest BCUT2D eigenvalue weighted by molar-refractivity contribution is 6.04. The van der Waals surface area contributed by atoms with Gasteiger partial charge in [0, 0.05) is 22.7 Å². The number of hydrogen-bond donors (Lipinski definition) is 2. The first-order valence-corrected chi connectivity index (χ1v) is 10.2. The summed E-state index contributed by atoms with van der Waals surface area (Å²) in [5.74, 6) is 0.401. The third kappa shape index (κ3) is 4.76. The van der Waals surface area contributed by atoms with Crippen molar-refractivity contribution in [2.45, 2.75) is 0 Å². The summed E-state index contributed by atoms with van der Waals surface area (Å²) in [6, 6.07) is 39.1. The van der Waals surface area contributed by atoms with Gasteiger partial charge in [-0.15, -0.1) is 10.2 Å². The summed E-state index contributed by atoms with van der Waals surface area (Å²) in [6.45, 7) is 0. The molecule has 4 aromatic carbocycles. The smallest absolute Gasteiger partial charge is 0.225 e. The van der Waals surface area contributed by atoms with Gasteiger partial charge in [0.1, 0.15) is 0 Å². The van der Waals surface area contributed by atoms with Gasteiger partial charge < -0.3 is 11.5 Å². The van der Waals surface area contributed by atoms with E-state index in [4.69, 9.17) is 11.5 Å². The molecular formula is C26H24N6. The van der Waals surface area contributed by atoms with Crippen molar-refractivity contribution in [1.29, 1.82) is 0 Å². The molecule has 0 radical (unpaired) electrons. The zero-order chi connectivity index (χ0) is 22.2. The second kappa shape index (κ2) is 9.95. The fourth-order valence-corrected chi connectivity index (χ4v) is 3.33. The zero-order valence-electron chi connectivity index (χ0n) is 17.5. The van der Waals surface area contributed by atoms with Gasteiger partial charge >= 0.3 is 0 Å². The number of rotatable bonds is 5. The molecule has 158 valence electrons. The maximum atomic E-state index is 6.40. The van der Waals surface area contributed by atoms with Gasteiger partial charge in [0.2, 0.25) is 11.9 Å². The molecule has 0 unspecified atom stereocenters. The van der Waals surface area contributed by atoms with Crippen LogP contribution in [-0.2, 0) is 0 Å². The SMILES string of the molecule is NC(=NN=C(N)N(c1ccccc1)c1ccccc1)N(c1ccccc1)c1ccccc1. The van der Waals surface area contributed by atoms with Crippen LogP contribution in [0.3, 0.4) is 0 Å². The van der Waals surface area contributed by atoms with E-state index < -0.39 is 0 Å². The van der Waals surface area contributed by atoms with Crippen LogP contribution in [0.1, 0.15) is 0 Å². The minimum Gasteiger partial charge on any atom is -0.368 e. The first kappa shape index (κ1) is 20.7. The molecule has 0 aliphatic carbocycles. The van der Waals surface area contributed by atoms with Gasteiger partial charge in [-0.1, -0.05) is 72.8 Å². The minimum absolute atomic E-state index is 0.200. The lowest BCUT2D eigenvalue weighted by Crippen LogP contribution is -2.35. The Morgan fingerprint density at radius 1 is 0.406 bits per heavy atom. The Labute approximate surface area is 187 Å². The number of hydrogen-bond acceptors (Lipinski definition) is 2. The Kier molecular flexibility index (Phi) is 6.43. The Morgan fingerprint density at radius 2 is 0.625 bits per heavy atom. The molecule has 0 saturated carbocycles. The molecule has 6 nitrogen and oxygen atoms in total. The summed E-state index contributed by atoms with van der Waals surface area (Å²) in [4.78, 5) is 3.65. The van der Waals surface area contributed by atoms with Crippen molar-refractivity contribution in [2.75, 3.05) is 9.80 Å². The number of guanidine groups is 2. The van der Waals surface area contributed by atoms with Crippen molar-refractivity contribution in [2.24, 2.45) is 21.7 Å². The highest BCUT2D eigenvalue weighted by Gasteiger charge is 2.15. The van der Waals surface area contributed by atoms with Gasteiger partial charge in [-0.05, 0) is 48.5 Å². The van der Waals surface area contributed by atoms with Gasteiger partial charge in [-0.2, -0.15) is 0 Å². The van der Waals surface area contributed by atoms with Crippen molar-refractivity contribution >= 4 is 34.7 Å². The van der Waals surface area contributed by atoms with Crippen molar-refractivity contribution in [3.05, 3.63) is 121 Å². The number of benzene rings is 4. The van der Waals surface area contributed by atoms with Crippen LogP contribution in [0.15, 0.2) is 132 Å². The molecule has 0 atom stereocenters. The second-order valence-corrected chi connectivity index (χ2v) is 6.93. The van der Waals surface area contributed by atoms with Crippen LogP contribution in [0, 0.1) is 0 Å². The summed E-state index contributed by atoms with van der Waals surface area (Å²) in [7, 11) is 0. The lowest BCUT2D eigenvalue weighted by atomic mass is 10.2. The average molecular weight is 421 g/mol. The van der Waals surface area contributed by atoms with Crippen LogP contribution in [0.2, 0.25) is 0 Å². The van der Waals surface area contributed by atoms with Crippen LogP contribution in [0.4, 0.5) is 22.7 Å². The average Bonchev–Trinajstić information content (AvgIpc) is 2.86. The number of nitrogens with two attached hydrogens (primary N) is 2. The molecule has 0 amide bonds. The molecule has 0 heterocycles. The summed E-state index contributed by atoms with van der Waals surface area (Å²) in [5, 5.41) is 8.58. The zero-order valence-corrected chi connectivity index (χ0v) is 17.5. The lowest BCUT2D eigenvalue weighted by Gasteiger charge is -2.24. The number of anilines is 4. The molecule has 0 saturated heterocycles. The topological polar surface area (TPSA) is 83.2 Å². The quantitative estimate of drug-likeness (QED) is 0.264.